The van der Waals surface area contributed by atoms with Crippen molar-refractivity contribution < 1.29 is 53.9 Å². The minimum atomic E-state index is -1.04. The SMILES string of the molecule is O=C(O)CN1CCCN(CC(=O)O)CCN(CC(=O)O)CC(Cc2ccc(NC(=O)COCCCCCC3SCC4NC(=O)NC43)cc2)CN(CC(=O)O)CC1. The van der Waals surface area contributed by atoms with Crippen LogP contribution in [0, 0.1) is 5.92 Å². The number of rotatable bonds is 19. The van der Waals surface area contributed by atoms with Gasteiger partial charge in [0.25, 0.3) is 0 Å². The molecule has 56 heavy (non-hydrogen) atoms. The van der Waals surface area contributed by atoms with Crippen LogP contribution in [0.4, 0.5) is 10.5 Å². The summed E-state index contributed by atoms with van der Waals surface area (Å²) in [6.45, 7) is 1.71. The summed E-state index contributed by atoms with van der Waals surface area (Å²) in [5, 5.41) is 47.7. The fraction of sp³-hybridized carbons (Fsp3) is 0.676. The first kappa shape index (κ1) is 44.7. The van der Waals surface area contributed by atoms with Gasteiger partial charge in [-0.05, 0) is 49.3 Å². The maximum atomic E-state index is 12.6. The van der Waals surface area contributed by atoms with Crippen molar-refractivity contribution in [2.24, 2.45) is 5.92 Å². The van der Waals surface area contributed by atoms with Crippen molar-refractivity contribution in [3.63, 3.8) is 0 Å². The van der Waals surface area contributed by atoms with Crippen LogP contribution in [-0.4, -0.2) is 191 Å². The van der Waals surface area contributed by atoms with Crippen LogP contribution in [0.25, 0.3) is 0 Å². The lowest BCUT2D eigenvalue weighted by Gasteiger charge is -2.34. The van der Waals surface area contributed by atoms with Crippen LogP contribution in [0.3, 0.4) is 0 Å². The van der Waals surface area contributed by atoms with Crippen LogP contribution in [0.5, 0.6) is 0 Å². The summed E-state index contributed by atoms with van der Waals surface area (Å²) in [6.07, 6.45) is 4.77. The summed E-state index contributed by atoms with van der Waals surface area (Å²) in [5.74, 6) is -3.72. The summed E-state index contributed by atoms with van der Waals surface area (Å²) in [5.41, 5.74) is 1.46. The summed E-state index contributed by atoms with van der Waals surface area (Å²) in [6, 6.07) is 7.57. The Morgan fingerprint density at radius 1 is 0.732 bits per heavy atom. The van der Waals surface area contributed by atoms with E-state index in [4.69, 9.17) is 4.74 Å². The molecule has 4 rings (SSSR count). The van der Waals surface area contributed by atoms with E-state index in [1.807, 2.05) is 23.9 Å². The number of hydrogen-bond acceptors (Lipinski definition) is 12. The number of ether oxygens (including phenoxy) is 1. The van der Waals surface area contributed by atoms with E-state index in [9.17, 15) is 49.2 Å². The van der Waals surface area contributed by atoms with Crippen LogP contribution in [0.15, 0.2) is 24.3 Å². The quantitative estimate of drug-likeness (QED) is 0.0743. The Hall–Kier alpha value is -4.01. The lowest BCUT2D eigenvalue weighted by atomic mass is 9.97. The van der Waals surface area contributed by atoms with E-state index in [1.54, 1.807) is 31.7 Å². The van der Waals surface area contributed by atoms with Gasteiger partial charge in [0.05, 0.1) is 38.3 Å². The highest BCUT2D eigenvalue weighted by Gasteiger charge is 2.42. The molecule has 0 bridgehead atoms. The number of nitrogens with one attached hydrogen (secondary N) is 3. The molecule has 3 fully saturated rings. The largest absolute Gasteiger partial charge is 0.480 e. The molecule has 0 radical (unpaired) electrons. The van der Waals surface area contributed by atoms with Crippen LogP contribution >= 0.6 is 11.8 Å². The van der Waals surface area contributed by atoms with E-state index in [-0.39, 0.29) is 102 Å². The number of aliphatic carboxylic acids is 4. The molecule has 0 spiro atoms. The van der Waals surface area contributed by atoms with E-state index in [1.165, 1.54) is 0 Å². The van der Waals surface area contributed by atoms with Crippen molar-refractivity contribution in [2.45, 2.75) is 55.9 Å². The lowest BCUT2D eigenvalue weighted by molar-refractivity contribution is -0.141. The Bertz CT molecular complexity index is 1420. The zero-order valence-corrected chi connectivity index (χ0v) is 32.6. The van der Waals surface area contributed by atoms with E-state index < -0.39 is 23.9 Å². The number of carbonyl (C=O) groups excluding carboxylic acids is 2. The van der Waals surface area contributed by atoms with Gasteiger partial charge in [-0.2, -0.15) is 11.8 Å². The topological polar surface area (TPSA) is 242 Å². The van der Waals surface area contributed by atoms with Gasteiger partial charge in [0.2, 0.25) is 5.91 Å². The molecule has 3 atom stereocenters. The molecule has 0 aromatic heterocycles. The normalized spacial score (nSPS) is 22.4. The third-order valence-electron chi connectivity index (χ3n) is 10.1. The first-order valence-electron chi connectivity index (χ1n) is 19.2. The highest BCUT2D eigenvalue weighted by atomic mass is 32.2. The van der Waals surface area contributed by atoms with Crippen molar-refractivity contribution in [1.82, 2.24) is 30.2 Å². The minimum Gasteiger partial charge on any atom is -0.480 e. The number of carboxylic acids is 4. The maximum absolute atomic E-state index is 12.6. The molecule has 3 saturated heterocycles. The van der Waals surface area contributed by atoms with Crippen LogP contribution < -0.4 is 16.0 Å². The number of urea groups is 1. The standard InChI is InChI=1S/C37H57N7O11S/c45-31(24-55-16-3-1-2-5-30-36-29(25-56-30)39-37(54)40-36)38-28-8-6-26(7-9-28)17-27-18-43(22-34(50)51)14-12-41(20-32(46)47)10-4-11-42(21-33(48)49)13-15-44(19-27)23-35(52)53/h6-9,27,29-30,36H,1-5,10-25H2,(H,38,45)(H,46,47)(H,48,49)(H,50,51)(H,52,53)(H2,39,40,54). The Labute approximate surface area is 331 Å². The van der Waals surface area contributed by atoms with E-state index in [2.05, 4.69) is 16.0 Å². The number of hydrogen-bond donors (Lipinski definition) is 7. The second-order valence-corrected chi connectivity index (χ2v) is 16.1. The van der Waals surface area contributed by atoms with Gasteiger partial charge in [0.15, 0.2) is 0 Å². The monoisotopic (exact) mass is 807 g/mol. The zero-order chi connectivity index (χ0) is 40.5. The molecular formula is C37H57N7O11S. The summed E-state index contributed by atoms with van der Waals surface area (Å²) >= 11 is 1.89. The first-order chi connectivity index (χ1) is 26.8. The number of thioether (sulfide) groups is 1. The number of amides is 3. The average Bonchev–Trinajstić information content (AvgIpc) is 3.67. The highest BCUT2D eigenvalue weighted by molar-refractivity contribution is 8.00. The molecule has 3 aliphatic rings. The smallest absolute Gasteiger partial charge is 0.317 e. The number of carbonyl (C=O) groups is 6. The second kappa shape index (κ2) is 23.3. The molecule has 1 aromatic rings. The number of fused-ring (bicyclic) bond motifs is 1. The molecule has 312 valence electrons. The summed E-state index contributed by atoms with van der Waals surface area (Å²) < 4.78 is 5.60. The number of nitrogens with zero attached hydrogens (tertiary/aromatic N) is 4. The van der Waals surface area contributed by atoms with Gasteiger partial charge in [-0.1, -0.05) is 25.0 Å². The number of unbranched alkanes of at least 4 members (excludes halogenated alkanes) is 2. The molecule has 18 nitrogen and oxygen atoms in total. The third-order valence-corrected chi connectivity index (χ3v) is 11.6. The van der Waals surface area contributed by atoms with Gasteiger partial charge < -0.3 is 41.1 Å². The minimum absolute atomic E-state index is 0.0815. The van der Waals surface area contributed by atoms with E-state index in [0.717, 1.165) is 37.0 Å². The molecule has 0 saturated carbocycles. The van der Waals surface area contributed by atoms with Crippen molar-refractivity contribution >= 4 is 53.3 Å². The molecule has 3 heterocycles. The van der Waals surface area contributed by atoms with Gasteiger partial charge in [-0.15, -0.1) is 0 Å². The molecule has 3 aliphatic heterocycles. The Morgan fingerprint density at radius 3 is 1.86 bits per heavy atom. The lowest BCUT2D eigenvalue weighted by Crippen LogP contribution is -2.47. The fourth-order valence-corrected chi connectivity index (χ4v) is 9.11. The van der Waals surface area contributed by atoms with Crippen LogP contribution in [0.2, 0.25) is 0 Å². The van der Waals surface area contributed by atoms with Gasteiger partial charge in [0.1, 0.15) is 6.61 Å². The summed E-state index contributed by atoms with van der Waals surface area (Å²) in [4.78, 5) is 78.1. The van der Waals surface area contributed by atoms with Crippen LogP contribution in [0.1, 0.15) is 37.7 Å². The average molecular weight is 808 g/mol. The third kappa shape index (κ3) is 16.6. The van der Waals surface area contributed by atoms with E-state index in [0.29, 0.717) is 43.5 Å². The zero-order valence-electron chi connectivity index (χ0n) is 31.8. The predicted molar refractivity (Wildman–Crippen MR) is 208 cm³/mol. The Kier molecular flexibility index (Phi) is 18.6. The second-order valence-electron chi connectivity index (χ2n) is 14.8. The predicted octanol–water partition coefficient (Wildman–Crippen LogP) is 0.476. The van der Waals surface area contributed by atoms with Crippen LogP contribution in [-0.2, 0) is 35.1 Å². The molecule has 3 unspecified atom stereocenters. The molecule has 7 N–H and O–H groups in total. The fourth-order valence-electron chi connectivity index (χ4n) is 7.56. The molecule has 0 aliphatic carbocycles. The van der Waals surface area contributed by atoms with Crippen molar-refractivity contribution in [3.05, 3.63) is 29.8 Å². The first-order valence-corrected chi connectivity index (χ1v) is 20.3. The molecule has 1 aromatic carbocycles. The molecule has 19 heteroatoms. The van der Waals surface area contributed by atoms with E-state index >= 15 is 0 Å². The number of carboxylic acid groups (broad SMARTS) is 4. The highest BCUT2D eigenvalue weighted by Crippen LogP contribution is 2.33. The van der Waals surface area contributed by atoms with Gasteiger partial charge in [-0.3, -0.25) is 43.6 Å². The number of benzene rings is 1. The summed E-state index contributed by atoms with van der Waals surface area (Å²) in [7, 11) is 0. The van der Waals surface area contributed by atoms with Gasteiger partial charge in [0, 0.05) is 75.7 Å². The van der Waals surface area contributed by atoms with Crippen molar-refractivity contribution in [3.8, 4) is 0 Å². The number of anilines is 1. The molecule has 3 amide bonds. The van der Waals surface area contributed by atoms with Crippen molar-refractivity contribution in [2.75, 3.05) is 103 Å². The van der Waals surface area contributed by atoms with Gasteiger partial charge in [-0.25, -0.2) is 4.79 Å². The van der Waals surface area contributed by atoms with Gasteiger partial charge >= 0.3 is 29.9 Å². The molecular weight excluding hydrogens is 751 g/mol. The van der Waals surface area contributed by atoms with Crippen molar-refractivity contribution in [1.29, 1.82) is 0 Å². The Balaban J connectivity index is 1.31. The Morgan fingerprint density at radius 2 is 1.29 bits per heavy atom. The maximum Gasteiger partial charge on any atom is 0.317 e.